The van der Waals surface area contributed by atoms with Crippen LogP contribution in [-0.4, -0.2) is 26.0 Å². The molecule has 2 rings (SSSR count). The number of ether oxygens (including phenoxy) is 1. The molecule has 102 valence electrons. The minimum atomic E-state index is -1.40. The van der Waals surface area contributed by atoms with Crippen molar-refractivity contribution in [2.45, 2.75) is 6.92 Å². The predicted molar refractivity (Wildman–Crippen MR) is 66.9 cm³/mol. The fourth-order valence-electron chi connectivity index (χ4n) is 1.52. The number of aryl methyl sites for hydroxylation is 1. The molecule has 1 N–H and O–H groups in total. The average molecular weight is 275 g/mol. The number of aromatic nitrogens is 2. The molecule has 1 aromatic heterocycles. The summed E-state index contributed by atoms with van der Waals surface area (Å²) in [5, 5.41) is 19.7. The maximum absolute atomic E-state index is 11.0. The minimum Gasteiger partial charge on any atom is -0.477 e. The smallest absolute Gasteiger partial charge is 0.342 e. The van der Waals surface area contributed by atoms with Gasteiger partial charge >= 0.3 is 5.97 Å². The molecule has 8 heteroatoms. The summed E-state index contributed by atoms with van der Waals surface area (Å²) in [6.45, 7) is 1.67. The first-order valence-corrected chi connectivity index (χ1v) is 5.46. The fourth-order valence-corrected chi connectivity index (χ4v) is 1.52. The third-order valence-corrected chi connectivity index (χ3v) is 2.37. The van der Waals surface area contributed by atoms with Crippen LogP contribution >= 0.6 is 0 Å². The van der Waals surface area contributed by atoms with E-state index in [-0.39, 0.29) is 11.6 Å². The molecule has 0 aliphatic heterocycles. The molecule has 2 aromatic rings. The van der Waals surface area contributed by atoms with Crippen LogP contribution in [-0.2, 0) is 0 Å². The molecule has 20 heavy (non-hydrogen) atoms. The van der Waals surface area contributed by atoms with Gasteiger partial charge in [0.1, 0.15) is 17.1 Å². The van der Waals surface area contributed by atoms with E-state index in [9.17, 15) is 14.9 Å². The Kier molecular flexibility index (Phi) is 3.56. The molecular weight excluding hydrogens is 266 g/mol. The molecule has 0 saturated heterocycles. The van der Waals surface area contributed by atoms with Crippen LogP contribution in [0, 0.1) is 17.0 Å². The van der Waals surface area contributed by atoms with Gasteiger partial charge in [0.25, 0.3) is 5.69 Å². The third kappa shape index (κ3) is 2.86. The van der Waals surface area contributed by atoms with Gasteiger partial charge in [0.15, 0.2) is 0 Å². The zero-order valence-corrected chi connectivity index (χ0v) is 10.3. The van der Waals surface area contributed by atoms with Crippen molar-refractivity contribution < 1.29 is 19.6 Å². The average Bonchev–Trinajstić information content (AvgIpc) is 2.38. The highest BCUT2D eigenvalue weighted by atomic mass is 16.6. The normalized spacial score (nSPS) is 10.1. The topological polar surface area (TPSA) is 115 Å². The lowest BCUT2D eigenvalue weighted by atomic mass is 10.1. The van der Waals surface area contributed by atoms with E-state index in [1.807, 2.05) is 0 Å². The number of hydrogen-bond donors (Lipinski definition) is 1. The van der Waals surface area contributed by atoms with E-state index in [1.165, 1.54) is 18.3 Å². The molecule has 0 aliphatic rings. The van der Waals surface area contributed by atoms with Crippen molar-refractivity contribution in [3.05, 3.63) is 52.0 Å². The molecule has 0 amide bonds. The van der Waals surface area contributed by atoms with Crippen LogP contribution < -0.4 is 4.74 Å². The lowest BCUT2D eigenvalue weighted by molar-refractivity contribution is -0.385. The number of carboxylic acids is 1. The molecule has 0 saturated carbocycles. The zero-order valence-electron chi connectivity index (χ0n) is 10.3. The Morgan fingerprint density at radius 2 is 2.15 bits per heavy atom. The monoisotopic (exact) mass is 275 g/mol. The van der Waals surface area contributed by atoms with E-state index >= 15 is 0 Å². The van der Waals surface area contributed by atoms with E-state index in [1.54, 1.807) is 6.92 Å². The standard InChI is InChI=1S/C12H9N3O5/c1-7-13-5-4-11(14-7)20-8-2-3-10(15(18)19)9(6-8)12(16)17/h2-6H,1H3,(H,16,17). The van der Waals surface area contributed by atoms with Crippen molar-refractivity contribution in [1.29, 1.82) is 0 Å². The molecule has 1 aromatic carbocycles. The summed E-state index contributed by atoms with van der Waals surface area (Å²) < 4.78 is 5.35. The number of carboxylic acid groups (broad SMARTS) is 1. The van der Waals surface area contributed by atoms with Gasteiger partial charge in [0, 0.05) is 24.4 Å². The Hall–Kier alpha value is -3.03. The summed E-state index contributed by atoms with van der Waals surface area (Å²) in [6, 6.07) is 4.96. The maximum atomic E-state index is 11.0. The molecular formula is C12H9N3O5. The summed E-state index contributed by atoms with van der Waals surface area (Å²) in [4.78, 5) is 28.8. The summed E-state index contributed by atoms with van der Waals surface area (Å²) in [6.07, 6.45) is 1.49. The molecule has 0 spiro atoms. The van der Waals surface area contributed by atoms with Gasteiger partial charge < -0.3 is 9.84 Å². The van der Waals surface area contributed by atoms with Gasteiger partial charge in [-0.2, -0.15) is 4.98 Å². The lowest BCUT2D eigenvalue weighted by Gasteiger charge is -2.06. The number of rotatable bonds is 4. The number of nitrogens with zero attached hydrogens (tertiary/aromatic N) is 3. The third-order valence-electron chi connectivity index (χ3n) is 2.37. The second-order valence-electron chi connectivity index (χ2n) is 3.79. The van der Waals surface area contributed by atoms with Gasteiger partial charge in [0.05, 0.1) is 4.92 Å². The highest BCUT2D eigenvalue weighted by Crippen LogP contribution is 2.26. The quantitative estimate of drug-likeness (QED) is 0.671. The van der Waals surface area contributed by atoms with Gasteiger partial charge in [0.2, 0.25) is 5.88 Å². The molecule has 0 aliphatic carbocycles. The Morgan fingerprint density at radius 3 is 2.75 bits per heavy atom. The Balaban J connectivity index is 2.36. The zero-order chi connectivity index (χ0) is 14.7. The lowest BCUT2D eigenvalue weighted by Crippen LogP contribution is -2.03. The Bertz CT molecular complexity index is 687. The van der Waals surface area contributed by atoms with Gasteiger partial charge in [-0.15, -0.1) is 0 Å². The SMILES string of the molecule is Cc1nccc(Oc2ccc([N+](=O)[O-])c(C(=O)O)c2)n1. The van der Waals surface area contributed by atoms with Crippen LogP contribution in [0.2, 0.25) is 0 Å². The number of benzene rings is 1. The van der Waals surface area contributed by atoms with Crippen LogP contribution in [0.3, 0.4) is 0 Å². The molecule has 1 heterocycles. The summed E-state index contributed by atoms with van der Waals surface area (Å²) >= 11 is 0. The molecule has 0 unspecified atom stereocenters. The van der Waals surface area contributed by atoms with Crippen molar-refractivity contribution in [3.8, 4) is 11.6 Å². The second kappa shape index (κ2) is 5.31. The van der Waals surface area contributed by atoms with Crippen LogP contribution in [0.25, 0.3) is 0 Å². The largest absolute Gasteiger partial charge is 0.477 e. The maximum Gasteiger partial charge on any atom is 0.342 e. The number of hydrogen-bond acceptors (Lipinski definition) is 6. The van der Waals surface area contributed by atoms with Crippen LogP contribution in [0.1, 0.15) is 16.2 Å². The number of nitro benzene ring substituents is 1. The van der Waals surface area contributed by atoms with Crippen molar-refractivity contribution in [2.75, 3.05) is 0 Å². The predicted octanol–water partition coefficient (Wildman–Crippen LogP) is 2.18. The summed E-state index contributed by atoms with van der Waals surface area (Å²) in [7, 11) is 0. The summed E-state index contributed by atoms with van der Waals surface area (Å²) in [5.41, 5.74) is -0.943. The van der Waals surface area contributed by atoms with Gasteiger partial charge in [-0.3, -0.25) is 10.1 Å². The van der Waals surface area contributed by atoms with Crippen molar-refractivity contribution >= 4 is 11.7 Å². The first-order chi connectivity index (χ1) is 9.47. The van der Waals surface area contributed by atoms with E-state index in [2.05, 4.69) is 9.97 Å². The highest BCUT2D eigenvalue weighted by Gasteiger charge is 2.20. The molecule has 0 bridgehead atoms. The molecule has 0 fully saturated rings. The number of nitro groups is 1. The van der Waals surface area contributed by atoms with Crippen LogP contribution in [0.4, 0.5) is 5.69 Å². The van der Waals surface area contributed by atoms with E-state index in [0.717, 1.165) is 12.1 Å². The molecule has 0 atom stereocenters. The van der Waals surface area contributed by atoms with E-state index in [0.29, 0.717) is 5.82 Å². The first kappa shape index (κ1) is 13.4. The second-order valence-corrected chi connectivity index (χ2v) is 3.79. The van der Waals surface area contributed by atoms with Crippen LogP contribution in [0.15, 0.2) is 30.5 Å². The minimum absolute atomic E-state index is 0.145. The fraction of sp³-hybridized carbons (Fsp3) is 0.0833. The molecule has 0 radical (unpaired) electrons. The van der Waals surface area contributed by atoms with Gasteiger partial charge in [-0.25, -0.2) is 9.78 Å². The van der Waals surface area contributed by atoms with Crippen LogP contribution in [0.5, 0.6) is 11.6 Å². The van der Waals surface area contributed by atoms with Gasteiger partial charge in [-0.1, -0.05) is 0 Å². The van der Waals surface area contributed by atoms with Gasteiger partial charge in [-0.05, 0) is 13.0 Å². The van der Waals surface area contributed by atoms with Crippen molar-refractivity contribution in [2.24, 2.45) is 0 Å². The van der Waals surface area contributed by atoms with E-state index in [4.69, 9.17) is 9.84 Å². The first-order valence-electron chi connectivity index (χ1n) is 5.46. The summed E-state index contributed by atoms with van der Waals surface area (Å²) in [5.74, 6) is -0.544. The molecule has 8 nitrogen and oxygen atoms in total. The Morgan fingerprint density at radius 1 is 1.40 bits per heavy atom. The highest BCUT2D eigenvalue weighted by molar-refractivity contribution is 5.92. The Labute approximate surface area is 112 Å². The van der Waals surface area contributed by atoms with E-state index < -0.39 is 22.1 Å². The van der Waals surface area contributed by atoms with Crippen molar-refractivity contribution in [3.63, 3.8) is 0 Å². The number of carbonyl (C=O) groups is 1. The van der Waals surface area contributed by atoms with Crippen molar-refractivity contribution in [1.82, 2.24) is 9.97 Å². The number of aromatic carboxylic acids is 1.